The molecule has 0 fully saturated rings. The number of hydrogen-bond acceptors (Lipinski definition) is 4. The van der Waals surface area contributed by atoms with Crippen LogP contribution < -0.4 is 10.6 Å². The molecule has 1 aromatic rings. The van der Waals surface area contributed by atoms with Gasteiger partial charge in [0.2, 0.25) is 0 Å². The molecule has 0 amide bonds. The second-order valence-electron chi connectivity index (χ2n) is 3.44. The number of ether oxygens (including phenoxy) is 1. The van der Waals surface area contributed by atoms with Crippen LogP contribution in [0.15, 0.2) is 18.3 Å². The number of pyridine rings is 1. The predicted octanol–water partition coefficient (Wildman–Crippen LogP) is 0.665. The average Bonchev–Trinajstić information content (AvgIpc) is 2.27. The fourth-order valence-electron chi connectivity index (χ4n) is 1.46. The van der Waals surface area contributed by atoms with Gasteiger partial charge in [-0.15, -0.1) is 0 Å². The molecule has 0 aliphatic rings. The lowest BCUT2D eigenvalue weighted by Crippen LogP contribution is -2.24. The van der Waals surface area contributed by atoms with Crippen LogP contribution in [0, 0.1) is 0 Å². The first-order valence-electron chi connectivity index (χ1n) is 5.13. The van der Waals surface area contributed by atoms with Crippen molar-refractivity contribution in [3.8, 4) is 0 Å². The molecule has 0 saturated carbocycles. The van der Waals surface area contributed by atoms with Crippen molar-refractivity contribution in [2.45, 2.75) is 6.42 Å². The molecule has 1 aromatic heterocycles. The first-order chi connectivity index (χ1) is 7.29. The Labute approximate surface area is 91.1 Å². The zero-order valence-electron chi connectivity index (χ0n) is 9.44. The van der Waals surface area contributed by atoms with Gasteiger partial charge in [0, 0.05) is 26.9 Å². The van der Waals surface area contributed by atoms with E-state index in [0.717, 1.165) is 18.8 Å². The molecule has 0 aliphatic heterocycles. The van der Waals surface area contributed by atoms with E-state index in [2.05, 4.69) is 16.0 Å². The maximum atomic E-state index is 5.56. The Kier molecular flexibility index (Phi) is 5.07. The van der Waals surface area contributed by atoms with Crippen LogP contribution >= 0.6 is 0 Å². The highest BCUT2D eigenvalue weighted by Gasteiger charge is 2.07. The average molecular weight is 209 g/mol. The molecule has 0 spiro atoms. The molecule has 4 nitrogen and oxygen atoms in total. The summed E-state index contributed by atoms with van der Waals surface area (Å²) in [4.78, 5) is 6.46. The van der Waals surface area contributed by atoms with Crippen molar-refractivity contribution in [1.82, 2.24) is 4.98 Å². The molecule has 15 heavy (non-hydrogen) atoms. The van der Waals surface area contributed by atoms with Crippen LogP contribution in [0.25, 0.3) is 0 Å². The van der Waals surface area contributed by atoms with Crippen molar-refractivity contribution in [2.24, 2.45) is 5.73 Å². The van der Waals surface area contributed by atoms with Crippen molar-refractivity contribution in [2.75, 3.05) is 38.8 Å². The van der Waals surface area contributed by atoms with Crippen LogP contribution in [0.5, 0.6) is 0 Å². The number of hydrogen-bond donors (Lipinski definition) is 1. The molecule has 4 heteroatoms. The molecular weight excluding hydrogens is 190 g/mol. The molecule has 0 radical (unpaired) electrons. The van der Waals surface area contributed by atoms with Gasteiger partial charge in [-0.3, -0.25) is 0 Å². The second kappa shape index (κ2) is 6.37. The van der Waals surface area contributed by atoms with Crippen LogP contribution in [0.4, 0.5) is 5.82 Å². The van der Waals surface area contributed by atoms with E-state index in [1.54, 1.807) is 13.3 Å². The molecule has 0 aromatic carbocycles. The topological polar surface area (TPSA) is 51.4 Å². The molecule has 0 saturated heterocycles. The number of methoxy groups -OCH3 is 1. The summed E-state index contributed by atoms with van der Waals surface area (Å²) in [6.07, 6.45) is 2.67. The third-order valence-corrected chi connectivity index (χ3v) is 2.27. The highest BCUT2D eigenvalue weighted by molar-refractivity contribution is 5.46. The van der Waals surface area contributed by atoms with Crippen molar-refractivity contribution >= 4 is 5.82 Å². The summed E-state index contributed by atoms with van der Waals surface area (Å²) in [7, 11) is 3.72. The van der Waals surface area contributed by atoms with Crippen LogP contribution in [-0.2, 0) is 11.2 Å². The summed E-state index contributed by atoms with van der Waals surface area (Å²) in [6.45, 7) is 2.19. The van der Waals surface area contributed by atoms with Crippen LogP contribution in [0.2, 0.25) is 0 Å². The molecule has 0 unspecified atom stereocenters. The van der Waals surface area contributed by atoms with Crippen molar-refractivity contribution in [3.05, 3.63) is 23.9 Å². The van der Waals surface area contributed by atoms with E-state index in [9.17, 15) is 0 Å². The number of nitrogens with zero attached hydrogens (tertiary/aromatic N) is 2. The fraction of sp³-hybridized carbons (Fsp3) is 0.545. The summed E-state index contributed by atoms with van der Waals surface area (Å²) in [5, 5.41) is 0. The summed E-state index contributed by atoms with van der Waals surface area (Å²) in [5.41, 5.74) is 6.75. The lowest BCUT2D eigenvalue weighted by molar-refractivity contribution is 0.206. The minimum absolute atomic E-state index is 0.650. The molecule has 84 valence electrons. The van der Waals surface area contributed by atoms with Gasteiger partial charge in [-0.05, 0) is 24.6 Å². The predicted molar refractivity (Wildman–Crippen MR) is 62.1 cm³/mol. The van der Waals surface area contributed by atoms with Gasteiger partial charge in [-0.2, -0.15) is 0 Å². The largest absolute Gasteiger partial charge is 0.383 e. The van der Waals surface area contributed by atoms with Crippen molar-refractivity contribution in [1.29, 1.82) is 0 Å². The summed E-state index contributed by atoms with van der Waals surface area (Å²) in [6, 6.07) is 4.01. The highest BCUT2D eigenvalue weighted by atomic mass is 16.5. The van der Waals surface area contributed by atoms with E-state index in [1.807, 2.05) is 13.1 Å². The van der Waals surface area contributed by atoms with E-state index in [4.69, 9.17) is 10.5 Å². The number of likely N-dealkylation sites (N-methyl/N-ethyl adjacent to an activating group) is 1. The number of anilines is 1. The van der Waals surface area contributed by atoms with E-state index in [1.165, 1.54) is 5.56 Å². The molecule has 0 bridgehead atoms. The summed E-state index contributed by atoms with van der Waals surface area (Å²) in [5.74, 6) is 1.00. The maximum absolute atomic E-state index is 5.56. The van der Waals surface area contributed by atoms with Gasteiger partial charge >= 0.3 is 0 Å². The maximum Gasteiger partial charge on any atom is 0.131 e. The first kappa shape index (κ1) is 11.9. The Morgan fingerprint density at radius 2 is 2.33 bits per heavy atom. The zero-order valence-corrected chi connectivity index (χ0v) is 9.44. The Morgan fingerprint density at radius 1 is 1.53 bits per heavy atom. The summed E-state index contributed by atoms with van der Waals surface area (Å²) < 4.78 is 5.04. The van der Waals surface area contributed by atoms with Crippen molar-refractivity contribution < 1.29 is 4.74 Å². The Morgan fingerprint density at radius 3 is 3.00 bits per heavy atom. The SMILES string of the molecule is COCCN(C)c1ncccc1CCN. The van der Waals surface area contributed by atoms with Crippen LogP contribution in [-0.4, -0.2) is 38.8 Å². The first-order valence-corrected chi connectivity index (χ1v) is 5.13. The minimum atomic E-state index is 0.650. The Bertz CT molecular complexity index is 291. The van der Waals surface area contributed by atoms with Crippen LogP contribution in [0.3, 0.4) is 0 Å². The van der Waals surface area contributed by atoms with E-state index in [-0.39, 0.29) is 0 Å². The van der Waals surface area contributed by atoms with Crippen LogP contribution in [0.1, 0.15) is 5.56 Å². The third-order valence-electron chi connectivity index (χ3n) is 2.27. The standard InChI is InChI=1S/C11H19N3O/c1-14(8-9-15-2)11-10(5-6-12)4-3-7-13-11/h3-4,7H,5-6,8-9,12H2,1-2H3. The molecule has 0 atom stereocenters. The lowest BCUT2D eigenvalue weighted by Gasteiger charge is -2.20. The lowest BCUT2D eigenvalue weighted by atomic mass is 10.2. The van der Waals surface area contributed by atoms with Gasteiger partial charge in [0.15, 0.2) is 0 Å². The van der Waals surface area contributed by atoms with Crippen molar-refractivity contribution in [3.63, 3.8) is 0 Å². The zero-order chi connectivity index (χ0) is 11.1. The number of aromatic nitrogens is 1. The Hall–Kier alpha value is -1.13. The minimum Gasteiger partial charge on any atom is -0.383 e. The number of nitrogens with two attached hydrogens (primary N) is 1. The number of rotatable bonds is 6. The van der Waals surface area contributed by atoms with E-state index in [0.29, 0.717) is 13.2 Å². The molecule has 1 rings (SSSR count). The van der Waals surface area contributed by atoms with E-state index >= 15 is 0 Å². The highest BCUT2D eigenvalue weighted by Crippen LogP contribution is 2.15. The molecule has 1 heterocycles. The second-order valence-corrected chi connectivity index (χ2v) is 3.44. The van der Waals surface area contributed by atoms with Gasteiger partial charge in [0.25, 0.3) is 0 Å². The van der Waals surface area contributed by atoms with Gasteiger partial charge in [0.1, 0.15) is 5.82 Å². The molecular formula is C11H19N3O. The van der Waals surface area contributed by atoms with Gasteiger partial charge < -0.3 is 15.4 Å². The smallest absolute Gasteiger partial charge is 0.131 e. The normalized spacial score (nSPS) is 10.3. The monoisotopic (exact) mass is 209 g/mol. The van der Waals surface area contributed by atoms with E-state index < -0.39 is 0 Å². The quantitative estimate of drug-likeness (QED) is 0.748. The van der Waals surface area contributed by atoms with Gasteiger partial charge in [-0.25, -0.2) is 4.98 Å². The van der Waals surface area contributed by atoms with Gasteiger partial charge in [0.05, 0.1) is 6.61 Å². The van der Waals surface area contributed by atoms with Gasteiger partial charge in [-0.1, -0.05) is 6.07 Å². The fourth-order valence-corrected chi connectivity index (χ4v) is 1.46. The molecule has 0 aliphatic carbocycles. The summed E-state index contributed by atoms with van der Waals surface area (Å²) >= 11 is 0. The Balaban J connectivity index is 2.72. The molecule has 2 N–H and O–H groups in total. The third kappa shape index (κ3) is 3.49.